The number of anilines is 1. The molecule has 1 saturated heterocycles. The van der Waals surface area contributed by atoms with Crippen LogP contribution in [0.15, 0.2) is 18.2 Å². The van der Waals surface area contributed by atoms with Crippen molar-refractivity contribution in [1.82, 2.24) is 10.2 Å². The van der Waals surface area contributed by atoms with Crippen LogP contribution in [-0.4, -0.2) is 49.5 Å². The highest BCUT2D eigenvalue weighted by atomic mass is 35.5. The summed E-state index contributed by atoms with van der Waals surface area (Å²) in [6.45, 7) is 5.17. The number of nitrogens with one attached hydrogen (secondary N) is 2. The van der Waals surface area contributed by atoms with Crippen molar-refractivity contribution >= 4 is 29.9 Å². The van der Waals surface area contributed by atoms with Crippen molar-refractivity contribution in [2.24, 2.45) is 5.92 Å². The van der Waals surface area contributed by atoms with E-state index in [0.717, 1.165) is 38.4 Å². The zero-order valence-corrected chi connectivity index (χ0v) is 16.8. The number of benzene rings is 1. The molecule has 150 valence electrons. The highest BCUT2D eigenvalue weighted by Crippen LogP contribution is 2.28. The molecule has 0 spiro atoms. The van der Waals surface area contributed by atoms with E-state index in [-0.39, 0.29) is 30.8 Å². The molecule has 2 aliphatic rings. The van der Waals surface area contributed by atoms with Gasteiger partial charge >= 0.3 is 0 Å². The van der Waals surface area contributed by atoms with Crippen LogP contribution in [-0.2, 0) is 4.79 Å². The fourth-order valence-electron chi connectivity index (χ4n) is 3.23. The molecule has 1 aliphatic carbocycles. The lowest BCUT2D eigenvalue weighted by Gasteiger charge is -2.27. The molecule has 0 radical (unpaired) electrons. The lowest BCUT2D eigenvalue weighted by atomic mass is 10.1. The van der Waals surface area contributed by atoms with E-state index in [0.29, 0.717) is 23.6 Å². The van der Waals surface area contributed by atoms with Gasteiger partial charge in [0, 0.05) is 18.7 Å². The first-order valence-electron chi connectivity index (χ1n) is 9.74. The number of nitrogens with zero attached hydrogens (tertiary/aromatic N) is 1. The molecule has 0 atom stereocenters. The number of hydrogen-bond donors (Lipinski definition) is 2. The molecule has 2 N–H and O–H groups in total. The van der Waals surface area contributed by atoms with Crippen LogP contribution in [0.1, 0.15) is 49.4 Å². The number of likely N-dealkylation sites (tertiary alicyclic amines) is 1. The Kier molecular flexibility index (Phi) is 8.38. The second-order valence-electron chi connectivity index (χ2n) is 7.12. The third-order valence-corrected chi connectivity index (χ3v) is 4.86. The smallest absolute Gasteiger partial charge is 0.253 e. The Bertz CT molecular complexity index is 643. The van der Waals surface area contributed by atoms with Gasteiger partial charge < -0.3 is 20.3 Å². The van der Waals surface area contributed by atoms with Crippen molar-refractivity contribution in [2.75, 3.05) is 38.1 Å². The minimum absolute atomic E-state index is 0. The molecule has 1 aromatic rings. The molecule has 1 saturated carbocycles. The molecule has 0 bridgehead atoms. The molecule has 1 heterocycles. The van der Waals surface area contributed by atoms with Crippen LogP contribution < -0.4 is 15.4 Å². The average molecular weight is 396 g/mol. The molecule has 0 aromatic heterocycles. The Labute approximate surface area is 167 Å². The zero-order chi connectivity index (χ0) is 18.4. The summed E-state index contributed by atoms with van der Waals surface area (Å²) >= 11 is 0. The summed E-state index contributed by atoms with van der Waals surface area (Å²) in [6.07, 6.45) is 5.80. The highest BCUT2D eigenvalue weighted by Gasteiger charge is 2.22. The van der Waals surface area contributed by atoms with Crippen molar-refractivity contribution < 1.29 is 14.3 Å². The predicted octanol–water partition coefficient (Wildman–Crippen LogP) is 3.07. The third kappa shape index (κ3) is 6.40. The van der Waals surface area contributed by atoms with Gasteiger partial charge in [0.15, 0.2) is 0 Å². The van der Waals surface area contributed by atoms with E-state index in [9.17, 15) is 9.59 Å². The van der Waals surface area contributed by atoms with Gasteiger partial charge in [-0.25, -0.2) is 0 Å². The Morgan fingerprint density at radius 3 is 2.59 bits per heavy atom. The maximum Gasteiger partial charge on any atom is 0.253 e. The lowest BCUT2D eigenvalue weighted by Crippen LogP contribution is -2.35. The molecule has 6 nitrogen and oxygen atoms in total. The topological polar surface area (TPSA) is 70.7 Å². The van der Waals surface area contributed by atoms with E-state index in [1.165, 1.54) is 19.3 Å². The van der Waals surface area contributed by atoms with Crippen LogP contribution in [0.25, 0.3) is 0 Å². The highest BCUT2D eigenvalue weighted by molar-refractivity contribution is 5.98. The van der Waals surface area contributed by atoms with E-state index in [4.69, 9.17) is 4.74 Å². The second kappa shape index (κ2) is 10.5. The summed E-state index contributed by atoms with van der Waals surface area (Å²) in [5.41, 5.74) is 1.16. The van der Waals surface area contributed by atoms with Crippen LogP contribution in [0.5, 0.6) is 5.75 Å². The summed E-state index contributed by atoms with van der Waals surface area (Å²) in [6, 6.07) is 5.29. The molecule has 27 heavy (non-hydrogen) atoms. The Balaban J connectivity index is 0.00000261. The lowest BCUT2D eigenvalue weighted by molar-refractivity contribution is -0.115. The first-order chi connectivity index (χ1) is 12.7. The van der Waals surface area contributed by atoms with E-state index in [2.05, 4.69) is 10.6 Å². The van der Waals surface area contributed by atoms with Gasteiger partial charge in [-0.2, -0.15) is 0 Å². The van der Waals surface area contributed by atoms with Gasteiger partial charge in [-0.05, 0) is 69.7 Å². The van der Waals surface area contributed by atoms with Crippen LogP contribution in [0.4, 0.5) is 5.69 Å². The Morgan fingerprint density at radius 2 is 1.93 bits per heavy atom. The molecular weight excluding hydrogens is 366 g/mol. The summed E-state index contributed by atoms with van der Waals surface area (Å²) in [7, 11) is 0. The van der Waals surface area contributed by atoms with Gasteiger partial charge in [0.25, 0.3) is 5.91 Å². The number of halogens is 1. The van der Waals surface area contributed by atoms with Crippen molar-refractivity contribution in [1.29, 1.82) is 0 Å². The predicted molar refractivity (Wildman–Crippen MR) is 109 cm³/mol. The number of rotatable bonds is 8. The van der Waals surface area contributed by atoms with Gasteiger partial charge in [0.1, 0.15) is 5.75 Å². The normalized spacial score (nSPS) is 16.4. The largest absolute Gasteiger partial charge is 0.492 e. The van der Waals surface area contributed by atoms with Gasteiger partial charge in [-0.15, -0.1) is 12.4 Å². The molecular formula is C20H30ClN3O3. The monoisotopic (exact) mass is 395 g/mol. The number of amides is 2. The molecule has 1 aliphatic heterocycles. The quantitative estimate of drug-likeness (QED) is 0.709. The summed E-state index contributed by atoms with van der Waals surface area (Å²) in [5.74, 6) is 1.23. The third-order valence-electron chi connectivity index (χ3n) is 4.86. The fraction of sp³-hybridized carbons (Fsp3) is 0.600. The first-order valence-corrected chi connectivity index (χ1v) is 9.74. The number of piperidine rings is 1. The van der Waals surface area contributed by atoms with Crippen molar-refractivity contribution in [3.63, 3.8) is 0 Å². The summed E-state index contributed by atoms with van der Waals surface area (Å²) in [5, 5.41) is 6.07. The molecule has 2 amide bonds. The van der Waals surface area contributed by atoms with E-state index in [1.807, 2.05) is 11.8 Å². The molecule has 7 heteroatoms. The number of hydrogen-bond acceptors (Lipinski definition) is 4. The first kappa shape index (κ1) is 21.5. The van der Waals surface area contributed by atoms with Crippen LogP contribution >= 0.6 is 12.4 Å². The van der Waals surface area contributed by atoms with Crippen LogP contribution in [0.3, 0.4) is 0 Å². The zero-order valence-electron chi connectivity index (χ0n) is 16.0. The Morgan fingerprint density at radius 1 is 1.19 bits per heavy atom. The molecule has 0 unspecified atom stereocenters. The number of carbonyl (C=O) groups excluding carboxylic acids is 2. The summed E-state index contributed by atoms with van der Waals surface area (Å²) < 4.78 is 5.61. The van der Waals surface area contributed by atoms with E-state index in [1.54, 1.807) is 18.2 Å². The van der Waals surface area contributed by atoms with Gasteiger partial charge in [-0.1, -0.05) is 0 Å². The number of carbonyl (C=O) groups is 2. The van der Waals surface area contributed by atoms with Crippen molar-refractivity contribution in [3.05, 3.63) is 23.8 Å². The van der Waals surface area contributed by atoms with Gasteiger partial charge in [0.05, 0.1) is 18.8 Å². The number of ether oxygens (including phenoxy) is 1. The fourth-order valence-corrected chi connectivity index (χ4v) is 3.23. The van der Waals surface area contributed by atoms with Crippen molar-refractivity contribution in [2.45, 2.75) is 39.0 Å². The van der Waals surface area contributed by atoms with E-state index < -0.39 is 0 Å². The maximum absolute atomic E-state index is 12.7. The summed E-state index contributed by atoms with van der Waals surface area (Å²) in [4.78, 5) is 26.8. The second-order valence-corrected chi connectivity index (χ2v) is 7.12. The minimum Gasteiger partial charge on any atom is -0.492 e. The minimum atomic E-state index is -0.117. The van der Waals surface area contributed by atoms with Crippen LogP contribution in [0, 0.1) is 5.92 Å². The standard InChI is InChI=1S/C20H29N3O3.ClH/c1-2-26-18-9-8-16(20(25)23-10-4-3-5-11-23)12-17(18)22-19(24)14-21-13-15-6-7-15;/h8-9,12,15,21H,2-7,10-11,13-14H2,1H3,(H,22,24);1H. The van der Waals surface area contributed by atoms with Gasteiger partial charge in [-0.3, -0.25) is 9.59 Å². The Hall–Kier alpha value is -1.79. The van der Waals surface area contributed by atoms with E-state index >= 15 is 0 Å². The molecule has 3 rings (SSSR count). The van der Waals surface area contributed by atoms with Crippen molar-refractivity contribution in [3.8, 4) is 5.75 Å². The van der Waals surface area contributed by atoms with Crippen LogP contribution in [0.2, 0.25) is 0 Å². The van der Waals surface area contributed by atoms with Gasteiger partial charge in [0.2, 0.25) is 5.91 Å². The maximum atomic E-state index is 12.7. The average Bonchev–Trinajstić information content (AvgIpc) is 3.48. The molecule has 1 aromatic carbocycles. The SMILES string of the molecule is CCOc1ccc(C(=O)N2CCCCC2)cc1NC(=O)CNCC1CC1.Cl. The molecule has 2 fully saturated rings.